The van der Waals surface area contributed by atoms with Crippen molar-refractivity contribution in [2.75, 3.05) is 12.3 Å². The third kappa shape index (κ3) is 3.49. The molecule has 0 aromatic heterocycles. The fourth-order valence-electron chi connectivity index (χ4n) is 1.56. The summed E-state index contributed by atoms with van der Waals surface area (Å²) in [6, 6.07) is 8.96. The molecule has 1 aromatic rings. The highest BCUT2D eigenvalue weighted by atomic mass is 16.2. The molecule has 0 aliphatic rings. The van der Waals surface area contributed by atoms with Crippen molar-refractivity contribution in [2.45, 2.75) is 26.3 Å². The van der Waals surface area contributed by atoms with Gasteiger partial charge in [0.2, 0.25) is 0 Å². The Morgan fingerprint density at radius 1 is 1.41 bits per heavy atom. The van der Waals surface area contributed by atoms with Crippen LogP contribution in [0, 0.1) is 11.3 Å². The predicted molar refractivity (Wildman–Crippen MR) is 67.3 cm³/mol. The van der Waals surface area contributed by atoms with Gasteiger partial charge in [-0.1, -0.05) is 0 Å². The fourth-order valence-corrected chi connectivity index (χ4v) is 1.56. The average molecular weight is 231 g/mol. The molecule has 1 rings (SSSR count). The number of nitrogen functional groups attached to an aromatic ring is 1. The van der Waals surface area contributed by atoms with E-state index >= 15 is 0 Å². The molecule has 0 aliphatic heterocycles. The van der Waals surface area contributed by atoms with Crippen LogP contribution < -0.4 is 5.73 Å². The molecule has 0 bridgehead atoms. The number of rotatable bonds is 4. The van der Waals surface area contributed by atoms with Crippen LogP contribution in [0.25, 0.3) is 0 Å². The fraction of sp³-hybridized carbons (Fsp3) is 0.385. The zero-order chi connectivity index (χ0) is 12.8. The molecule has 0 heterocycles. The minimum Gasteiger partial charge on any atom is -0.399 e. The van der Waals surface area contributed by atoms with Gasteiger partial charge in [0, 0.05) is 23.8 Å². The normalized spacial score (nSPS) is 10.0. The van der Waals surface area contributed by atoms with Crippen molar-refractivity contribution in [2.24, 2.45) is 0 Å². The largest absolute Gasteiger partial charge is 0.399 e. The van der Waals surface area contributed by atoms with Crippen LogP contribution in [0.3, 0.4) is 0 Å². The zero-order valence-corrected chi connectivity index (χ0v) is 10.2. The molecule has 4 heteroatoms. The Kier molecular flexibility index (Phi) is 4.53. The third-order valence-corrected chi connectivity index (χ3v) is 2.51. The van der Waals surface area contributed by atoms with Gasteiger partial charge in [-0.05, 0) is 38.1 Å². The Bertz CT molecular complexity index is 417. The van der Waals surface area contributed by atoms with Crippen LogP contribution in [-0.4, -0.2) is 23.4 Å². The minimum absolute atomic E-state index is 0.0600. The molecule has 4 nitrogen and oxygen atoms in total. The highest BCUT2D eigenvalue weighted by Gasteiger charge is 2.17. The standard InChI is InChI=1S/C13H17N3O/c1-10(2)16(9-3-8-14)13(17)11-4-6-12(15)7-5-11/h4-7,10H,3,9,15H2,1-2H3. The molecule has 17 heavy (non-hydrogen) atoms. The maximum absolute atomic E-state index is 12.2. The number of hydrogen-bond acceptors (Lipinski definition) is 3. The summed E-state index contributed by atoms with van der Waals surface area (Å²) in [5.74, 6) is -0.0600. The van der Waals surface area contributed by atoms with Gasteiger partial charge in [-0.2, -0.15) is 5.26 Å². The van der Waals surface area contributed by atoms with Crippen molar-refractivity contribution < 1.29 is 4.79 Å². The lowest BCUT2D eigenvalue weighted by atomic mass is 10.1. The molecule has 0 unspecified atom stereocenters. The number of hydrogen-bond donors (Lipinski definition) is 1. The maximum atomic E-state index is 12.2. The monoisotopic (exact) mass is 231 g/mol. The molecule has 0 fully saturated rings. The maximum Gasteiger partial charge on any atom is 0.254 e. The summed E-state index contributed by atoms with van der Waals surface area (Å²) in [4.78, 5) is 13.9. The van der Waals surface area contributed by atoms with Gasteiger partial charge in [-0.3, -0.25) is 4.79 Å². The van der Waals surface area contributed by atoms with E-state index in [4.69, 9.17) is 11.0 Å². The highest BCUT2D eigenvalue weighted by Crippen LogP contribution is 2.11. The van der Waals surface area contributed by atoms with E-state index < -0.39 is 0 Å². The van der Waals surface area contributed by atoms with Gasteiger partial charge in [0.25, 0.3) is 5.91 Å². The summed E-state index contributed by atoms with van der Waals surface area (Å²) in [5, 5.41) is 8.58. The lowest BCUT2D eigenvalue weighted by Gasteiger charge is -2.25. The van der Waals surface area contributed by atoms with Gasteiger partial charge in [0.15, 0.2) is 0 Å². The molecular formula is C13H17N3O. The van der Waals surface area contributed by atoms with Crippen LogP contribution in [-0.2, 0) is 0 Å². The number of carbonyl (C=O) groups excluding carboxylic acids is 1. The Morgan fingerprint density at radius 2 is 2.00 bits per heavy atom. The smallest absolute Gasteiger partial charge is 0.254 e. The van der Waals surface area contributed by atoms with E-state index in [1.807, 2.05) is 13.8 Å². The van der Waals surface area contributed by atoms with E-state index in [-0.39, 0.29) is 11.9 Å². The van der Waals surface area contributed by atoms with Crippen LogP contribution in [0.1, 0.15) is 30.6 Å². The van der Waals surface area contributed by atoms with E-state index in [1.165, 1.54) is 0 Å². The van der Waals surface area contributed by atoms with E-state index in [0.29, 0.717) is 24.2 Å². The first-order chi connectivity index (χ1) is 8.06. The number of nitriles is 1. The van der Waals surface area contributed by atoms with Crippen molar-refractivity contribution in [3.05, 3.63) is 29.8 Å². The van der Waals surface area contributed by atoms with E-state index in [9.17, 15) is 4.79 Å². The number of carbonyl (C=O) groups is 1. The van der Waals surface area contributed by atoms with Crippen LogP contribution in [0.15, 0.2) is 24.3 Å². The molecule has 0 atom stereocenters. The summed E-state index contributed by atoms with van der Waals surface area (Å²) in [6.07, 6.45) is 0.346. The van der Waals surface area contributed by atoms with Gasteiger partial charge < -0.3 is 10.6 Å². The van der Waals surface area contributed by atoms with Crippen LogP contribution in [0.4, 0.5) is 5.69 Å². The number of nitrogens with zero attached hydrogens (tertiary/aromatic N) is 2. The summed E-state index contributed by atoms with van der Waals surface area (Å²) in [7, 11) is 0. The molecule has 0 radical (unpaired) electrons. The Hall–Kier alpha value is -2.02. The minimum atomic E-state index is -0.0600. The van der Waals surface area contributed by atoms with Crippen molar-refractivity contribution in [1.29, 1.82) is 5.26 Å². The lowest BCUT2D eigenvalue weighted by Crippen LogP contribution is -2.37. The number of anilines is 1. The number of amides is 1. The molecule has 1 amide bonds. The predicted octanol–water partition coefficient (Wildman–Crippen LogP) is 2.03. The lowest BCUT2D eigenvalue weighted by molar-refractivity contribution is 0.0710. The quantitative estimate of drug-likeness (QED) is 0.806. The molecule has 90 valence electrons. The number of nitrogens with two attached hydrogens (primary N) is 1. The summed E-state index contributed by atoms with van der Waals surface area (Å²) >= 11 is 0. The Balaban J connectivity index is 2.84. The van der Waals surface area contributed by atoms with E-state index in [0.717, 1.165) is 0 Å². The highest BCUT2D eigenvalue weighted by molar-refractivity contribution is 5.94. The zero-order valence-electron chi connectivity index (χ0n) is 10.2. The summed E-state index contributed by atoms with van der Waals surface area (Å²) in [6.45, 7) is 4.33. The first-order valence-electron chi connectivity index (χ1n) is 5.59. The molecule has 0 spiro atoms. The second kappa shape index (κ2) is 5.90. The second-order valence-corrected chi connectivity index (χ2v) is 4.12. The molecule has 1 aromatic carbocycles. The van der Waals surface area contributed by atoms with Gasteiger partial charge in [-0.15, -0.1) is 0 Å². The van der Waals surface area contributed by atoms with Crippen molar-refractivity contribution in [3.8, 4) is 6.07 Å². The molecule has 0 saturated heterocycles. The first-order valence-corrected chi connectivity index (χ1v) is 5.59. The van der Waals surface area contributed by atoms with Gasteiger partial charge in [-0.25, -0.2) is 0 Å². The Morgan fingerprint density at radius 3 is 2.47 bits per heavy atom. The third-order valence-electron chi connectivity index (χ3n) is 2.51. The molecular weight excluding hydrogens is 214 g/mol. The van der Waals surface area contributed by atoms with Crippen molar-refractivity contribution in [1.82, 2.24) is 4.90 Å². The Labute approximate surface area is 102 Å². The van der Waals surface area contributed by atoms with Crippen LogP contribution in [0.2, 0.25) is 0 Å². The van der Waals surface area contributed by atoms with E-state index in [1.54, 1.807) is 29.2 Å². The molecule has 0 aliphatic carbocycles. The summed E-state index contributed by atoms with van der Waals surface area (Å²) in [5.41, 5.74) is 6.81. The van der Waals surface area contributed by atoms with Crippen molar-refractivity contribution >= 4 is 11.6 Å². The van der Waals surface area contributed by atoms with Gasteiger partial charge >= 0.3 is 0 Å². The van der Waals surface area contributed by atoms with Gasteiger partial charge in [0.1, 0.15) is 0 Å². The summed E-state index contributed by atoms with van der Waals surface area (Å²) < 4.78 is 0. The number of benzene rings is 1. The topological polar surface area (TPSA) is 70.1 Å². The van der Waals surface area contributed by atoms with Crippen LogP contribution >= 0.6 is 0 Å². The van der Waals surface area contributed by atoms with Crippen molar-refractivity contribution in [3.63, 3.8) is 0 Å². The molecule has 0 saturated carbocycles. The molecule has 2 N–H and O–H groups in total. The second-order valence-electron chi connectivity index (χ2n) is 4.12. The van der Waals surface area contributed by atoms with E-state index in [2.05, 4.69) is 6.07 Å². The van der Waals surface area contributed by atoms with Crippen LogP contribution in [0.5, 0.6) is 0 Å². The first kappa shape index (κ1) is 13.0. The SMILES string of the molecule is CC(C)N(CCC#N)C(=O)c1ccc(N)cc1. The van der Waals surface area contributed by atoms with Gasteiger partial charge in [0.05, 0.1) is 12.5 Å². The average Bonchev–Trinajstić information content (AvgIpc) is 2.29.